The van der Waals surface area contributed by atoms with E-state index >= 15 is 0 Å². The lowest BCUT2D eigenvalue weighted by molar-refractivity contribution is -0.0175. The number of hydrogen-bond donors (Lipinski definition) is 1. The zero-order valence-electron chi connectivity index (χ0n) is 19.0. The van der Waals surface area contributed by atoms with Crippen LogP contribution in [-0.2, 0) is 11.2 Å². The molecule has 33 heavy (non-hydrogen) atoms. The number of ether oxygens (including phenoxy) is 2. The van der Waals surface area contributed by atoms with Gasteiger partial charge in [-0.1, -0.05) is 6.92 Å². The Morgan fingerprint density at radius 3 is 2.48 bits per heavy atom. The van der Waals surface area contributed by atoms with E-state index in [-0.39, 0.29) is 28.8 Å². The number of amides is 1. The number of halogens is 2. The van der Waals surface area contributed by atoms with Crippen LogP contribution in [0.3, 0.4) is 0 Å². The molecule has 1 aromatic heterocycles. The maximum absolute atomic E-state index is 14.6. The Kier molecular flexibility index (Phi) is 5.47. The molecule has 2 heterocycles. The molecule has 1 N–H and O–H groups in total. The Labute approximate surface area is 191 Å². The van der Waals surface area contributed by atoms with Gasteiger partial charge in [0.1, 0.15) is 11.3 Å². The minimum Gasteiger partial charge on any atom is -0.484 e. The molecule has 2 saturated carbocycles. The summed E-state index contributed by atoms with van der Waals surface area (Å²) in [7, 11) is 1.65. The number of nitrogens with zero attached hydrogens (tertiary/aromatic N) is 3. The molecule has 2 unspecified atom stereocenters. The Morgan fingerprint density at radius 2 is 1.88 bits per heavy atom. The molecule has 0 bridgehead atoms. The minimum absolute atomic E-state index is 0.00902. The topological polar surface area (TPSA) is 76.6 Å². The van der Waals surface area contributed by atoms with Crippen LogP contribution in [0.2, 0.25) is 0 Å². The molecule has 1 aromatic carbocycles. The van der Waals surface area contributed by atoms with Crippen LogP contribution in [0.4, 0.5) is 20.4 Å². The lowest BCUT2D eigenvalue weighted by Crippen LogP contribution is -2.61. The van der Waals surface area contributed by atoms with Crippen molar-refractivity contribution in [2.24, 2.45) is 11.8 Å². The maximum atomic E-state index is 14.6. The number of hydrogen-bond acceptors (Lipinski definition) is 6. The number of carbonyl (C=O) groups excluding carboxylic acids is 1. The number of nitrogens with one attached hydrogen (secondary N) is 1. The average molecular weight is 459 g/mol. The van der Waals surface area contributed by atoms with E-state index in [4.69, 9.17) is 9.47 Å². The van der Waals surface area contributed by atoms with E-state index in [1.54, 1.807) is 13.3 Å². The van der Waals surface area contributed by atoms with Crippen LogP contribution in [-0.4, -0.2) is 47.8 Å². The van der Waals surface area contributed by atoms with Crippen molar-refractivity contribution in [2.75, 3.05) is 30.4 Å². The van der Waals surface area contributed by atoms with Gasteiger partial charge in [0.15, 0.2) is 17.4 Å². The molecular weight excluding hydrogens is 430 g/mol. The summed E-state index contributed by atoms with van der Waals surface area (Å²) in [6, 6.07) is 2.17. The van der Waals surface area contributed by atoms with Crippen LogP contribution in [0.15, 0.2) is 18.3 Å². The minimum atomic E-state index is -0.829. The average Bonchev–Trinajstić information content (AvgIpc) is 3.39. The van der Waals surface area contributed by atoms with Gasteiger partial charge in [0.05, 0.1) is 19.2 Å². The zero-order chi connectivity index (χ0) is 23.3. The third-order valence-electron chi connectivity index (χ3n) is 7.02. The van der Waals surface area contributed by atoms with Gasteiger partial charge in [-0.2, -0.15) is 0 Å². The summed E-state index contributed by atoms with van der Waals surface area (Å²) >= 11 is 0. The highest BCUT2D eigenvalue weighted by Gasteiger charge is 2.47. The largest absolute Gasteiger partial charge is 0.484 e. The third kappa shape index (κ3) is 4.26. The molecule has 3 fully saturated rings. The van der Waals surface area contributed by atoms with Crippen molar-refractivity contribution in [2.45, 2.75) is 51.2 Å². The summed E-state index contributed by atoms with van der Waals surface area (Å²) in [6.45, 7) is 5.09. The van der Waals surface area contributed by atoms with E-state index in [1.807, 2.05) is 18.7 Å². The summed E-state index contributed by atoms with van der Waals surface area (Å²) in [4.78, 5) is 23.7. The van der Waals surface area contributed by atoms with Crippen LogP contribution in [0.1, 0.15) is 49.2 Å². The van der Waals surface area contributed by atoms with Gasteiger partial charge < -0.3 is 19.7 Å². The smallest absolute Gasteiger partial charge is 0.274 e. The number of rotatable bonds is 7. The lowest BCUT2D eigenvalue weighted by Gasteiger charge is -2.46. The van der Waals surface area contributed by atoms with Crippen molar-refractivity contribution in [3.8, 4) is 5.75 Å². The monoisotopic (exact) mass is 458 g/mol. The molecule has 2 atom stereocenters. The summed E-state index contributed by atoms with van der Waals surface area (Å²) in [5.74, 6) is -0.878. The fourth-order valence-electron chi connectivity index (χ4n) is 4.89. The molecule has 1 amide bonds. The van der Waals surface area contributed by atoms with Crippen molar-refractivity contribution in [1.82, 2.24) is 9.97 Å². The number of carbonyl (C=O) groups is 1. The predicted molar refractivity (Wildman–Crippen MR) is 119 cm³/mol. The van der Waals surface area contributed by atoms with Crippen LogP contribution < -0.4 is 15.0 Å². The standard InChI is InChI=1S/C24H28F2N4O3/c1-4-13-10-27-23(30-11-24(2,12-30)32-3)29-20(13)22(31)28-16-8-18(25)21(19(26)9-16)33-17-6-14-5-15(14)7-17/h8-10,14-15,17H,4-7,11-12H2,1-3H3,(H,28,31). The van der Waals surface area contributed by atoms with Gasteiger partial charge in [-0.15, -0.1) is 0 Å². The van der Waals surface area contributed by atoms with E-state index in [0.717, 1.165) is 25.0 Å². The molecule has 5 rings (SSSR count). The number of anilines is 2. The van der Waals surface area contributed by atoms with E-state index in [2.05, 4.69) is 15.3 Å². The van der Waals surface area contributed by atoms with Crippen LogP contribution in [0, 0.1) is 23.5 Å². The summed E-state index contributed by atoms with van der Waals surface area (Å²) < 4.78 is 40.3. The second-order valence-corrected chi connectivity index (χ2v) is 9.60. The van der Waals surface area contributed by atoms with Gasteiger partial charge >= 0.3 is 0 Å². The van der Waals surface area contributed by atoms with Crippen molar-refractivity contribution < 1.29 is 23.0 Å². The number of benzene rings is 1. The highest BCUT2D eigenvalue weighted by molar-refractivity contribution is 6.04. The third-order valence-corrected chi connectivity index (χ3v) is 7.02. The molecule has 3 aliphatic rings. The molecule has 2 aliphatic carbocycles. The highest BCUT2D eigenvalue weighted by Crippen LogP contribution is 2.52. The van der Waals surface area contributed by atoms with E-state index in [0.29, 0.717) is 42.9 Å². The van der Waals surface area contributed by atoms with E-state index < -0.39 is 17.5 Å². The van der Waals surface area contributed by atoms with Crippen molar-refractivity contribution >= 4 is 17.5 Å². The first-order chi connectivity index (χ1) is 15.8. The molecule has 0 spiro atoms. The normalized spacial score (nSPS) is 24.8. The van der Waals surface area contributed by atoms with Gasteiger partial charge in [-0.25, -0.2) is 18.7 Å². The molecule has 176 valence electrons. The fourth-order valence-corrected chi connectivity index (χ4v) is 4.89. The SMILES string of the molecule is CCc1cnc(N2CC(C)(OC)C2)nc1C(=O)Nc1cc(F)c(OC2CC3CC3C2)c(F)c1. The first kappa shape index (κ1) is 22.0. The Balaban J connectivity index is 1.31. The van der Waals surface area contributed by atoms with Gasteiger partial charge in [0.2, 0.25) is 5.95 Å². The second-order valence-electron chi connectivity index (χ2n) is 9.60. The number of aromatic nitrogens is 2. The maximum Gasteiger partial charge on any atom is 0.274 e. The Bertz CT molecular complexity index is 1060. The summed E-state index contributed by atoms with van der Waals surface area (Å²) in [5, 5.41) is 2.57. The van der Waals surface area contributed by atoms with Gasteiger partial charge in [0, 0.05) is 36.7 Å². The first-order valence-electron chi connectivity index (χ1n) is 11.4. The number of methoxy groups -OCH3 is 1. The van der Waals surface area contributed by atoms with Gasteiger partial charge in [0.25, 0.3) is 5.91 Å². The molecule has 7 nitrogen and oxygen atoms in total. The van der Waals surface area contributed by atoms with Crippen LogP contribution >= 0.6 is 0 Å². The first-order valence-corrected chi connectivity index (χ1v) is 11.4. The summed E-state index contributed by atoms with van der Waals surface area (Å²) in [5.41, 5.74) is 0.564. The zero-order valence-corrected chi connectivity index (χ0v) is 19.0. The fraction of sp³-hybridized carbons (Fsp3) is 0.542. The van der Waals surface area contributed by atoms with Crippen molar-refractivity contribution in [3.05, 3.63) is 41.2 Å². The van der Waals surface area contributed by atoms with Crippen LogP contribution in [0.5, 0.6) is 5.75 Å². The molecule has 2 aromatic rings. The van der Waals surface area contributed by atoms with Crippen molar-refractivity contribution in [3.63, 3.8) is 0 Å². The molecule has 0 radical (unpaired) electrons. The second kappa shape index (κ2) is 8.20. The van der Waals surface area contributed by atoms with Gasteiger partial charge in [-0.3, -0.25) is 4.79 Å². The highest BCUT2D eigenvalue weighted by atomic mass is 19.1. The van der Waals surface area contributed by atoms with E-state index in [9.17, 15) is 13.6 Å². The Hall–Kier alpha value is -2.81. The molecular formula is C24H28F2N4O3. The predicted octanol–water partition coefficient (Wildman–Crippen LogP) is 3.97. The molecule has 1 aliphatic heterocycles. The quantitative estimate of drug-likeness (QED) is 0.677. The number of fused-ring (bicyclic) bond motifs is 1. The molecule has 9 heteroatoms. The van der Waals surface area contributed by atoms with Gasteiger partial charge in [-0.05, 0) is 44.4 Å². The summed E-state index contributed by atoms with van der Waals surface area (Å²) in [6.07, 6.45) is 4.90. The van der Waals surface area contributed by atoms with E-state index in [1.165, 1.54) is 6.42 Å². The molecule has 1 saturated heterocycles. The van der Waals surface area contributed by atoms with Crippen LogP contribution in [0.25, 0.3) is 0 Å². The lowest BCUT2D eigenvalue weighted by atomic mass is 9.97. The van der Waals surface area contributed by atoms with Crippen molar-refractivity contribution in [1.29, 1.82) is 0 Å². The Morgan fingerprint density at radius 1 is 1.21 bits per heavy atom. The number of aryl methyl sites for hydroxylation is 1.